The molecule has 6 rings (SSSR count). The van der Waals surface area contributed by atoms with Crippen LogP contribution in [-0.4, -0.2) is 28.2 Å². The van der Waals surface area contributed by atoms with E-state index in [0.29, 0.717) is 0 Å². The van der Waals surface area contributed by atoms with Gasteiger partial charge in [0.1, 0.15) is 5.82 Å². The third kappa shape index (κ3) is 2.37. The number of nitrogens with zero attached hydrogens (tertiary/aromatic N) is 5. The summed E-state index contributed by atoms with van der Waals surface area (Å²) in [5.41, 5.74) is 4.54. The Bertz CT molecular complexity index is 1130. The van der Waals surface area contributed by atoms with Gasteiger partial charge in [0, 0.05) is 35.5 Å². The molecule has 1 aromatic heterocycles. The van der Waals surface area contributed by atoms with E-state index in [1.54, 1.807) is 11.8 Å². The van der Waals surface area contributed by atoms with Crippen LogP contribution in [0, 0.1) is 6.92 Å². The second kappa shape index (κ2) is 6.21. The van der Waals surface area contributed by atoms with Gasteiger partial charge in [0.15, 0.2) is 5.17 Å². The first-order valence-corrected chi connectivity index (χ1v) is 10.9. The van der Waals surface area contributed by atoms with Crippen molar-refractivity contribution in [3.05, 3.63) is 47.7 Å². The Balaban J connectivity index is 1.56. The van der Waals surface area contributed by atoms with Crippen molar-refractivity contribution in [2.45, 2.75) is 31.9 Å². The van der Waals surface area contributed by atoms with Crippen molar-refractivity contribution < 1.29 is 0 Å². The van der Waals surface area contributed by atoms with Gasteiger partial charge in [-0.25, -0.2) is 9.98 Å². The molecule has 0 spiro atoms. The molecule has 0 bridgehead atoms. The molecule has 28 heavy (non-hydrogen) atoms. The standard InChI is InChI=1S/C22H21N5S/c1-14-16-13-28-22-24-17-9-5-7-15-8-6-10-18(19(15)17)27(22)20(16)25-21(23-14)26-11-3-2-4-12-26/h5-10H,2-4,11-13H2,1H3. The topological polar surface area (TPSA) is 44.6 Å². The Morgan fingerprint density at radius 1 is 0.964 bits per heavy atom. The van der Waals surface area contributed by atoms with E-state index in [2.05, 4.69) is 53.1 Å². The number of piperidine rings is 1. The summed E-state index contributed by atoms with van der Waals surface area (Å²) >= 11 is 1.78. The van der Waals surface area contributed by atoms with Crippen LogP contribution < -0.4 is 9.80 Å². The molecule has 3 aliphatic heterocycles. The maximum atomic E-state index is 5.09. The van der Waals surface area contributed by atoms with E-state index in [0.717, 1.165) is 47.2 Å². The lowest BCUT2D eigenvalue weighted by Crippen LogP contribution is -2.34. The van der Waals surface area contributed by atoms with Crippen LogP contribution in [0.3, 0.4) is 0 Å². The summed E-state index contributed by atoms with van der Waals surface area (Å²) in [6.07, 6.45) is 3.75. The van der Waals surface area contributed by atoms with Crippen molar-refractivity contribution >= 4 is 50.8 Å². The monoisotopic (exact) mass is 387 g/mol. The number of anilines is 3. The number of fused-ring (bicyclic) bond motifs is 4. The molecule has 0 amide bonds. The van der Waals surface area contributed by atoms with Crippen LogP contribution in [0.2, 0.25) is 0 Å². The first kappa shape index (κ1) is 16.4. The summed E-state index contributed by atoms with van der Waals surface area (Å²) < 4.78 is 0. The van der Waals surface area contributed by atoms with Crippen molar-refractivity contribution in [2.24, 2.45) is 4.99 Å². The molecule has 4 heterocycles. The fourth-order valence-electron chi connectivity index (χ4n) is 4.43. The molecule has 0 radical (unpaired) electrons. The Hall–Kier alpha value is -2.60. The lowest BCUT2D eigenvalue weighted by atomic mass is 10.0. The minimum Gasteiger partial charge on any atom is -0.341 e. The van der Waals surface area contributed by atoms with Gasteiger partial charge in [0.05, 0.1) is 11.4 Å². The summed E-state index contributed by atoms with van der Waals surface area (Å²) in [5, 5.41) is 3.44. The van der Waals surface area contributed by atoms with E-state index in [9.17, 15) is 0 Å². The number of amidine groups is 1. The van der Waals surface area contributed by atoms with Crippen LogP contribution >= 0.6 is 11.8 Å². The number of hydrogen-bond acceptors (Lipinski definition) is 6. The summed E-state index contributed by atoms with van der Waals surface area (Å²) in [6, 6.07) is 12.8. The number of hydrogen-bond donors (Lipinski definition) is 0. The first-order valence-electron chi connectivity index (χ1n) is 9.95. The number of aromatic nitrogens is 2. The largest absolute Gasteiger partial charge is 0.341 e. The molecule has 0 saturated carbocycles. The molecule has 0 N–H and O–H groups in total. The van der Waals surface area contributed by atoms with Crippen LogP contribution in [0.15, 0.2) is 41.4 Å². The van der Waals surface area contributed by atoms with E-state index in [-0.39, 0.29) is 0 Å². The predicted octanol–water partition coefficient (Wildman–Crippen LogP) is 5.31. The van der Waals surface area contributed by atoms with Crippen LogP contribution in [-0.2, 0) is 5.75 Å². The number of thioether (sulfide) groups is 1. The molecule has 140 valence electrons. The molecule has 3 aromatic rings. The highest BCUT2D eigenvalue weighted by Gasteiger charge is 2.33. The molecule has 0 atom stereocenters. The van der Waals surface area contributed by atoms with E-state index in [1.807, 2.05) is 0 Å². The molecule has 1 saturated heterocycles. The maximum absolute atomic E-state index is 5.09. The second-order valence-electron chi connectivity index (χ2n) is 7.63. The quantitative estimate of drug-likeness (QED) is 0.566. The van der Waals surface area contributed by atoms with E-state index >= 15 is 0 Å². The van der Waals surface area contributed by atoms with Gasteiger partial charge in [-0.2, -0.15) is 4.98 Å². The highest BCUT2D eigenvalue weighted by Crippen LogP contribution is 2.47. The van der Waals surface area contributed by atoms with Crippen molar-refractivity contribution in [3.63, 3.8) is 0 Å². The lowest BCUT2D eigenvalue weighted by Gasteiger charge is -2.36. The molecule has 5 nitrogen and oxygen atoms in total. The number of rotatable bonds is 1. The zero-order chi connectivity index (χ0) is 18.7. The van der Waals surface area contributed by atoms with Gasteiger partial charge in [-0.3, -0.25) is 4.90 Å². The average molecular weight is 388 g/mol. The van der Waals surface area contributed by atoms with Crippen LogP contribution in [0.4, 0.5) is 23.1 Å². The Morgan fingerprint density at radius 3 is 2.64 bits per heavy atom. The molecule has 6 heteroatoms. The second-order valence-corrected chi connectivity index (χ2v) is 8.57. The Morgan fingerprint density at radius 2 is 1.79 bits per heavy atom. The lowest BCUT2D eigenvalue weighted by molar-refractivity contribution is 0.567. The summed E-state index contributed by atoms with van der Waals surface area (Å²) in [7, 11) is 0. The minimum atomic E-state index is 0.869. The van der Waals surface area contributed by atoms with Crippen LogP contribution in [0.5, 0.6) is 0 Å². The van der Waals surface area contributed by atoms with E-state index in [1.165, 1.54) is 41.3 Å². The third-order valence-electron chi connectivity index (χ3n) is 5.89. The zero-order valence-corrected chi connectivity index (χ0v) is 16.7. The summed E-state index contributed by atoms with van der Waals surface area (Å²) in [4.78, 5) is 19.5. The van der Waals surface area contributed by atoms with Crippen molar-refractivity contribution in [1.29, 1.82) is 0 Å². The third-order valence-corrected chi connectivity index (χ3v) is 6.85. The summed E-state index contributed by atoms with van der Waals surface area (Å²) in [6.45, 7) is 4.22. The molecule has 3 aliphatic rings. The van der Waals surface area contributed by atoms with Crippen molar-refractivity contribution in [1.82, 2.24) is 9.97 Å². The van der Waals surface area contributed by atoms with Crippen molar-refractivity contribution in [3.8, 4) is 0 Å². The van der Waals surface area contributed by atoms with Gasteiger partial charge in [-0.1, -0.05) is 36.0 Å². The summed E-state index contributed by atoms with van der Waals surface area (Å²) in [5.74, 6) is 2.75. The first-order chi connectivity index (χ1) is 13.8. The van der Waals surface area contributed by atoms with E-state index in [4.69, 9.17) is 15.0 Å². The normalized spacial score (nSPS) is 18.0. The number of aliphatic imine (C=N–C) groups is 1. The fourth-order valence-corrected chi connectivity index (χ4v) is 5.52. The van der Waals surface area contributed by atoms with Crippen molar-refractivity contribution in [2.75, 3.05) is 22.9 Å². The minimum absolute atomic E-state index is 0.869. The van der Waals surface area contributed by atoms with Gasteiger partial charge >= 0.3 is 0 Å². The molecular formula is C22H21N5S. The zero-order valence-electron chi connectivity index (χ0n) is 15.9. The molecule has 0 aliphatic carbocycles. The van der Waals surface area contributed by atoms with Gasteiger partial charge in [-0.05, 0) is 43.7 Å². The Labute approximate surface area is 168 Å². The average Bonchev–Trinajstić information content (AvgIpc) is 2.74. The van der Waals surface area contributed by atoms with Crippen LogP contribution in [0.1, 0.15) is 30.5 Å². The van der Waals surface area contributed by atoms with Gasteiger partial charge < -0.3 is 4.90 Å². The number of aryl methyl sites for hydroxylation is 1. The number of benzene rings is 2. The SMILES string of the molecule is Cc1nc(N2CCCCC2)nc2c1CSC1=Nc3cccc4cccc(c34)N12. The highest BCUT2D eigenvalue weighted by atomic mass is 32.2. The molecule has 0 unspecified atom stereocenters. The smallest absolute Gasteiger partial charge is 0.227 e. The Kier molecular flexibility index (Phi) is 3.63. The van der Waals surface area contributed by atoms with Gasteiger partial charge in [0.2, 0.25) is 5.95 Å². The molecule has 2 aromatic carbocycles. The highest BCUT2D eigenvalue weighted by molar-refractivity contribution is 8.13. The maximum Gasteiger partial charge on any atom is 0.227 e. The van der Waals surface area contributed by atoms with Gasteiger partial charge in [0.25, 0.3) is 0 Å². The molecular weight excluding hydrogens is 366 g/mol. The molecule has 1 fully saturated rings. The fraction of sp³-hybridized carbons (Fsp3) is 0.318. The van der Waals surface area contributed by atoms with Gasteiger partial charge in [-0.15, -0.1) is 0 Å². The predicted molar refractivity (Wildman–Crippen MR) is 117 cm³/mol. The van der Waals surface area contributed by atoms with E-state index < -0.39 is 0 Å². The van der Waals surface area contributed by atoms with Crippen LogP contribution in [0.25, 0.3) is 10.8 Å².